The van der Waals surface area contributed by atoms with E-state index in [9.17, 15) is 0 Å². The lowest BCUT2D eigenvalue weighted by molar-refractivity contribution is 0.286. The lowest BCUT2D eigenvalue weighted by Crippen LogP contribution is -2.17. The Kier molecular flexibility index (Phi) is 9.46. The fourth-order valence-corrected chi connectivity index (χ4v) is 1.52. The third kappa shape index (κ3) is 5.58. The smallest absolute Gasteiger partial charge is 0.161 e. The number of rotatable bonds is 8. The highest BCUT2D eigenvalue weighted by Gasteiger charge is 2.05. The molecule has 0 aliphatic rings. The minimum atomic E-state index is 0. The average molecular weight is 276 g/mol. The van der Waals surface area contributed by atoms with Crippen LogP contribution in [0.2, 0.25) is 0 Å². The van der Waals surface area contributed by atoms with E-state index in [2.05, 4.69) is 5.32 Å². The number of hydrogen-bond acceptors (Lipinski definition) is 4. The van der Waals surface area contributed by atoms with Gasteiger partial charge in [0.25, 0.3) is 0 Å². The second kappa shape index (κ2) is 10.00. The van der Waals surface area contributed by atoms with Gasteiger partial charge in [-0.25, -0.2) is 0 Å². The summed E-state index contributed by atoms with van der Waals surface area (Å²) in [4.78, 5) is 0. The second-order valence-electron chi connectivity index (χ2n) is 3.55. The summed E-state index contributed by atoms with van der Waals surface area (Å²) in [7, 11) is 0. The van der Waals surface area contributed by atoms with E-state index in [4.69, 9.17) is 14.6 Å². The average Bonchev–Trinajstić information content (AvgIpc) is 2.33. The van der Waals surface area contributed by atoms with Gasteiger partial charge in [-0.1, -0.05) is 6.07 Å². The summed E-state index contributed by atoms with van der Waals surface area (Å²) in [6, 6.07) is 5.89. The highest BCUT2D eigenvalue weighted by Crippen LogP contribution is 2.28. The normalized spacial score (nSPS) is 9.72. The molecule has 0 saturated heterocycles. The monoisotopic (exact) mass is 275 g/mol. The Labute approximate surface area is 115 Å². The van der Waals surface area contributed by atoms with E-state index in [0.29, 0.717) is 26.3 Å². The highest BCUT2D eigenvalue weighted by atomic mass is 35.5. The van der Waals surface area contributed by atoms with E-state index >= 15 is 0 Å². The standard InChI is InChI=1S/C13H21NO3.ClH/c1-3-16-12-6-5-11(10-14-7-8-15)9-13(12)17-4-2;/h5-6,9,14-15H,3-4,7-8,10H2,1-2H3;1H. The number of ether oxygens (including phenoxy) is 2. The zero-order valence-electron chi connectivity index (χ0n) is 10.9. The fraction of sp³-hybridized carbons (Fsp3) is 0.538. The van der Waals surface area contributed by atoms with Gasteiger partial charge >= 0.3 is 0 Å². The van der Waals surface area contributed by atoms with Crippen LogP contribution in [-0.4, -0.2) is 31.5 Å². The zero-order chi connectivity index (χ0) is 12.5. The van der Waals surface area contributed by atoms with Gasteiger partial charge in [0, 0.05) is 13.1 Å². The van der Waals surface area contributed by atoms with Gasteiger partial charge < -0.3 is 19.9 Å². The second-order valence-corrected chi connectivity index (χ2v) is 3.55. The van der Waals surface area contributed by atoms with Crippen LogP contribution in [-0.2, 0) is 6.54 Å². The van der Waals surface area contributed by atoms with Gasteiger partial charge in [-0.15, -0.1) is 12.4 Å². The Bertz CT molecular complexity index is 334. The largest absolute Gasteiger partial charge is 0.490 e. The van der Waals surface area contributed by atoms with Crippen molar-refractivity contribution in [3.63, 3.8) is 0 Å². The summed E-state index contributed by atoms with van der Waals surface area (Å²) in [6.07, 6.45) is 0. The maximum absolute atomic E-state index is 8.69. The Hall–Kier alpha value is -0.970. The van der Waals surface area contributed by atoms with Crippen LogP contribution >= 0.6 is 12.4 Å². The minimum absolute atomic E-state index is 0. The maximum atomic E-state index is 8.69. The van der Waals surface area contributed by atoms with Crippen LogP contribution in [0.25, 0.3) is 0 Å². The number of nitrogens with one attached hydrogen (secondary N) is 1. The number of aliphatic hydroxyl groups is 1. The molecule has 5 heteroatoms. The molecule has 0 radical (unpaired) electrons. The summed E-state index contributed by atoms with van der Waals surface area (Å²) >= 11 is 0. The molecule has 1 rings (SSSR count). The van der Waals surface area contributed by atoms with Crippen molar-refractivity contribution < 1.29 is 14.6 Å². The summed E-state index contributed by atoms with van der Waals surface area (Å²) in [5, 5.41) is 11.8. The molecule has 0 unspecified atom stereocenters. The Morgan fingerprint density at radius 2 is 1.78 bits per heavy atom. The molecule has 0 amide bonds. The molecule has 1 aromatic rings. The number of aliphatic hydroxyl groups excluding tert-OH is 1. The Morgan fingerprint density at radius 3 is 2.39 bits per heavy atom. The van der Waals surface area contributed by atoms with Crippen molar-refractivity contribution in [1.82, 2.24) is 5.32 Å². The first kappa shape index (κ1) is 17.0. The van der Waals surface area contributed by atoms with Gasteiger partial charge in [0.1, 0.15) is 0 Å². The molecule has 0 aliphatic carbocycles. The summed E-state index contributed by atoms with van der Waals surface area (Å²) < 4.78 is 11.0. The van der Waals surface area contributed by atoms with Crippen LogP contribution in [0.1, 0.15) is 19.4 Å². The lowest BCUT2D eigenvalue weighted by Gasteiger charge is -2.12. The van der Waals surface area contributed by atoms with Gasteiger partial charge in [0.05, 0.1) is 19.8 Å². The molecular formula is C13H22ClNO3. The molecule has 0 bridgehead atoms. The van der Waals surface area contributed by atoms with Crippen LogP contribution in [0.5, 0.6) is 11.5 Å². The van der Waals surface area contributed by atoms with Gasteiger partial charge in [-0.05, 0) is 31.5 Å². The van der Waals surface area contributed by atoms with Gasteiger partial charge in [0.2, 0.25) is 0 Å². The Balaban J connectivity index is 0.00000289. The van der Waals surface area contributed by atoms with Crippen molar-refractivity contribution in [2.75, 3.05) is 26.4 Å². The number of hydrogen-bond donors (Lipinski definition) is 2. The van der Waals surface area contributed by atoms with E-state index in [-0.39, 0.29) is 19.0 Å². The van der Waals surface area contributed by atoms with Crippen LogP contribution < -0.4 is 14.8 Å². The third-order valence-electron chi connectivity index (χ3n) is 2.23. The first-order chi connectivity index (χ1) is 8.31. The summed E-state index contributed by atoms with van der Waals surface area (Å²) in [5.41, 5.74) is 1.12. The molecule has 104 valence electrons. The van der Waals surface area contributed by atoms with Crippen molar-refractivity contribution in [2.45, 2.75) is 20.4 Å². The minimum Gasteiger partial charge on any atom is -0.490 e. The predicted octanol–water partition coefficient (Wildman–Crippen LogP) is 1.99. The molecule has 0 fully saturated rings. The number of halogens is 1. The predicted molar refractivity (Wildman–Crippen MR) is 74.8 cm³/mol. The molecule has 1 aromatic carbocycles. The molecule has 0 heterocycles. The highest BCUT2D eigenvalue weighted by molar-refractivity contribution is 5.85. The molecule has 2 N–H and O–H groups in total. The third-order valence-corrected chi connectivity index (χ3v) is 2.23. The molecule has 4 nitrogen and oxygen atoms in total. The first-order valence-electron chi connectivity index (χ1n) is 6.01. The maximum Gasteiger partial charge on any atom is 0.161 e. The fourth-order valence-electron chi connectivity index (χ4n) is 1.52. The van der Waals surface area contributed by atoms with Crippen LogP contribution in [0.3, 0.4) is 0 Å². The summed E-state index contributed by atoms with van der Waals surface area (Å²) in [6.45, 7) is 6.61. The van der Waals surface area contributed by atoms with Crippen molar-refractivity contribution in [3.05, 3.63) is 23.8 Å². The molecule has 0 saturated carbocycles. The van der Waals surface area contributed by atoms with E-state index in [1.807, 2.05) is 32.0 Å². The van der Waals surface area contributed by atoms with Crippen LogP contribution in [0, 0.1) is 0 Å². The molecule has 0 aromatic heterocycles. The summed E-state index contributed by atoms with van der Waals surface area (Å²) in [5.74, 6) is 1.55. The molecule has 0 aliphatic heterocycles. The molecular weight excluding hydrogens is 254 g/mol. The van der Waals surface area contributed by atoms with Crippen molar-refractivity contribution in [3.8, 4) is 11.5 Å². The first-order valence-corrected chi connectivity index (χ1v) is 6.01. The van der Waals surface area contributed by atoms with E-state index < -0.39 is 0 Å². The van der Waals surface area contributed by atoms with Crippen molar-refractivity contribution in [2.24, 2.45) is 0 Å². The van der Waals surface area contributed by atoms with E-state index in [0.717, 1.165) is 17.1 Å². The topological polar surface area (TPSA) is 50.7 Å². The van der Waals surface area contributed by atoms with Gasteiger partial charge in [-0.2, -0.15) is 0 Å². The van der Waals surface area contributed by atoms with Crippen LogP contribution in [0.15, 0.2) is 18.2 Å². The van der Waals surface area contributed by atoms with Crippen molar-refractivity contribution >= 4 is 12.4 Å². The van der Waals surface area contributed by atoms with Gasteiger partial charge in [-0.3, -0.25) is 0 Å². The van der Waals surface area contributed by atoms with Crippen molar-refractivity contribution in [1.29, 1.82) is 0 Å². The number of benzene rings is 1. The molecule has 18 heavy (non-hydrogen) atoms. The van der Waals surface area contributed by atoms with E-state index in [1.54, 1.807) is 0 Å². The molecule has 0 spiro atoms. The lowest BCUT2D eigenvalue weighted by atomic mass is 10.2. The quantitative estimate of drug-likeness (QED) is 0.713. The SMILES string of the molecule is CCOc1ccc(CNCCO)cc1OCC.Cl. The van der Waals surface area contributed by atoms with Crippen LogP contribution in [0.4, 0.5) is 0 Å². The zero-order valence-corrected chi connectivity index (χ0v) is 11.8. The van der Waals surface area contributed by atoms with Gasteiger partial charge in [0.15, 0.2) is 11.5 Å². The van der Waals surface area contributed by atoms with E-state index in [1.165, 1.54) is 0 Å². The Morgan fingerprint density at radius 1 is 1.11 bits per heavy atom. The molecule has 0 atom stereocenters.